The Morgan fingerprint density at radius 3 is 1.15 bits per heavy atom. The maximum Gasteiger partial charge on any atom is 0.387 e. The van der Waals surface area contributed by atoms with Crippen molar-refractivity contribution < 1.29 is 109 Å². The number of fused-ring (bicyclic) bond motifs is 7. The second kappa shape index (κ2) is 37.4. The molecule has 0 aliphatic rings. The number of nitrogens with two attached hydrogens (primary N) is 1. The van der Waals surface area contributed by atoms with E-state index in [1.54, 1.807) is 218 Å². The molecule has 9 N–H and O–H groups in total. The molecule has 0 aliphatic carbocycles. The maximum absolute atomic E-state index is 13.2. The number of halogens is 1. The molecule has 0 bridgehead atoms. The number of aromatic hydroxyl groups is 4. The van der Waals surface area contributed by atoms with Gasteiger partial charge in [0.1, 0.15) is 82.3 Å². The van der Waals surface area contributed by atoms with Crippen LogP contribution in [0.4, 0.5) is 15.0 Å². The van der Waals surface area contributed by atoms with Crippen molar-refractivity contribution in [1.82, 2.24) is 15.0 Å². The molecule has 0 saturated heterocycles. The lowest BCUT2D eigenvalue weighted by atomic mass is 10.1. The minimum absolute atomic E-state index is 0. The van der Waals surface area contributed by atoms with Gasteiger partial charge in [0, 0.05) is 61.3 Å². The smallest absolute Gasteiger partial charge is 0.387 e. The monoisotopic (exact) mass is 1760 g/mol. The Balaban J connectivity index is 0.000000151. The van der Waals surface area contributed by atoms with E-state index in [1.165, 1.54) is 36.5 Å². The highest BCUT2D eigenvalue weighted by Crippen LogP contribution is 2.44. The number of rotatable bonds is 13. The molecule has 123 heavy (non-hydrogen) atoms. The highest BCUT2D eigenvalue weighted by atomic mass is 35.5. The standard InChI is InChI=1S/C25H20N2O6S.C21H12N2O6S.C17H17NO4S.C10H8O3.C8H4ClNO2.C7H11NO2.H2S/c1-25(2,3)33-24(30)19-14(18-11-13-7-6-9-16(28)20(13)31-18)12-34-23(19)27-21(29)22-26-15-8-4-5-10-17(15)32-22;24-13-6-3-4-10-8-15(28-17(10)13)11-9-30-20(16(11)21(26)27)23-18(25)19-22-12-5-1-2-7-14(12)29-19;1-17(2,3)22-16(20)13-10(8-23-15(13)18)12-7-9-5-4-6-11(19)14(9)21-12;1-6(11)9-5-7-3-2-4-8(12)10(7)13-9;9-7(11)8-10-5-3-1-2-4-6(5)12-8;1-7(2,3)10-6(9)5-8-4;/h4-12,28H,1-3H3,(H,27,29);1-9,24H,(H,23,25)(H,26,27);4-8,19H,18H2,1-3H3;2-5,12H,1H3;1-4H;5H2,1-3H3;1H2. The average molecular weight is 1760 g/mol. The molecule has 30 nitrogen and oxygen atoms in total. The summed E-state index contributed by atoms with van der Waals surface area (Å²) in [5, 5.41) is 62.2. The van der Waals surface area contributed by atoms with Gasteiger partial charge in [-0.25, -0.2) is 40.7 Å². The number of carboxylic acid groups (broad SMARTS) is 1. The number of amides is 2. The minimum atomic E-state index is -1.23. The maximum atomic E-state index is 13.2. The second-order valence-electron chi connectivity index (χ2n) is 29.2. The Kier molecular flexibility index (Phi) is 27.2. The lowest BCUT2D eigenvalue weighted by Gasteiger charge is -2.20. The quantitative estimate of drug-likeness (QED) is 0.0175. The van der Waals surface area contributed by atoms with Crippen LogP contribution in [0.5, 0.6) is 23.0 Å². The molecule has 17 aromatic rings. The van der Waals surface area contributed by atoms with Crippen molar-refractivity contribution in [2.75, 3.05) is 22.9 Å². The largest absolute Gasteiger partial charge is 0.504 e. The van der Waals surface area contributed by atoms with Gasteiger partial charge in [0.05, 0.1) is 0 Å². The molecular formula is C88H74ClN7O23S4. The Hall–Kier alpha value is -14.5. The summed E-state index contributed by atoms with van der Waals surface area (Å²) in [5.41, 5.74) is 10.2. The van der Waals surface area contributed by atoms with Crippen molar-refractivity contribution in [2.24, 2.45) is 0 Å². The fraction of sp³-hybridized carbons (Fsp3) is 0.159. The van der Waals surface area contributed by atoms with Gasteiger partial charge in [0.2, 0.25) is 0 Å². The molecule has 630 valence electrons. The van der Waals surface area contributed by atoms with Crippen LogP contribution in [0.3, 0.4) is 0 Å². The van der Waals surface area contributed by atoms with Gasteiger partial charge < -0.3 is 91.9 Å². The Morgan fingerprint density at radius 1 is 0.455 bits per heavy atom. The Bertz CT molecular complexity index is 6800. The van der Waals surface area contributed by atoms with Crippen LogP contribution in [-0.4, -0.2) is 111 Å². The number of hydrogen-bond acceptors (Lipinski definition) is 29. The van der Waals surface area contributed by atoms with Crippen LogP contribution in [0.25, 0.3) is 116 Å². The zero-order valence-corrected chi connectivity index (χ0v) is 70.9. The van der Waals surface area contributed by atoms with E-state index in [1.807, 2.05) is 12.1 Å². The van der Waals surface area contributed by atoms with Crippen LogP contribution in [0, 0.1) is 6.57 Å². The summed E-state index contributed by atoms with van der Waals surface area (Å²) in [5.74, 6) is -3.14. The van der Waals surface area contributed by atoms with Crippen molar-refractivity contribution in [3.05, 3.63) is 238 Å². The number of nitrogen functional groups attached to an aromatic ring is 1. The van der Waals surface area contributed by atoms with Gasteiger partial charge in [-0.1, -0.05) is 84.9 Å². The van der Waals surface area contributed by atoms with E-state index in [0.29, 0.717) is 94.0 Å². The number of carbonyl (C=O) groups excluding carboxylic acids is 7. The molecule has 17 rings (SSSR count). The minimum Gasteiger partial charge on any atom is -0.504 e. The highest BCUT2D eigenvalue weighted by molar-refractivity contribution is 7.59. The first-order chi connectivity index (χ1) is 57.9. The third-order valence-electron chi connectivity index (χ3n) is 16.6. The number of furan rings is 4. The number of benzene rings is 7. The fourth-order valence-corrected chi connectivity index (χ4v) is 14.2. The number of hydrogen-bond donors (Lipinski definition) is 8. The molecular weight excluding hydrogens is 1690 g/mol. The first kappa shape index (κ1) is 89.3. The number of aromatic carboxylic acids is 1. The van der Waals surface area contributed by atoms with Gasteiger partial charge >= 0.3 is 47.5 Å². The summed E-state index contributed by atoms with van der Waals surface area (Å²) in [4.78, 5) is 110. The van der Waals surface area contributed by atoms with Crippen LogP contribution in [0.15, 0.2) is 217 Å². The average Bonchev–Trinajstić information content (AvgIpc) is 1.55. The van der Waals surface area contributed by atoms with Crippen LogP contribution >= 0.6 is 59.1 Å². The number of phenolic OH excluding ortho intramolecular Hbond substituents is 4. The summed E-state index contributed by atoms with van der Waals surface area (Å²) < 4.78 is 54.3. The lowest BCUT2D eigenvalue weighted by molar-refractivity contribution is -0.152. The van der Waals surface area contributed by atoms with Gasteiger partial charge in [-0.15, -0.1) is 34.0 Å². The number of thiophene rings is 3. The first-order valence-electron chi connectivity index (χ1n) is 36.5. The summed E-state index contributed by atoms with van der Waals surface area (Å²) in [6, 6.07) is 47.8. The summed E-state index contributed by atoms with van der Waals surface area (Å²) in [6.45, 7) is 23.6. The SMILES string of the molecule is CC(=O)c1cc2cccc(O)c2o1.CC(C)(C)OC(=O)c1c(-c2cc3cccc(O)c3o2)csc1N.CC(C)(C)OC(=O)c1c(-c2cc3cccc(O)c3o2)csc1NC(=O)c1nc2ccccc2o1.O=C(Cl)c1nc2ccccc2o1.O=C(Nc1scc(-c2cc3cccc(O)c3o2)c1C(=O)O)c1nc2ccccc2o1.S.[C-]#[N+]CC(=O)OC(C)(C)C. The third-order valence-corrected chi connectivity index (χ3v) is 19.3. The number of Topliss-reactive ketones (excluding diaryl/α,β-unsaturated/α-hetero) is 1. The molecule has 0 atom stereocenters. The molecule has 0 fully saturated rings. The van der Waals surface area contributed by atoms with Gasteiger partial charge in [-0.05, 0) is 159 Å². The van der Waals surface area contributed by atoms with Crippen molar-refractivity contribution >= 4 is 198 Å². The third kappa shape index (κ3) is 21.6. The second-order valence-corrected chi connectivity index (χ2v) is 32.2. The highest BCUT2D eigenvalue weighted by Gasteiger charge is 2.32. The first-order valence-corrected chi connectivity index (χ1v) is 39.5. The number of ether oxygens (including phenoxy) is 3. The molecule has 35 heteroatoms. The van der Waals surface area contributed by atoms with E-state index >= 15 is 0 Å². The Labute approximate surface area is 720 Å². The predicted octanol–water partition coefficient (Wildman–Crippen LogP) is 21.5. The van der Waals surface area contributed by atoms with Crippen molar-refractivity contribution in [3.8, 4) is 57.0 Å². The van der Waals surface area contributed by atoms with Crippen molar-refractivity contribution in [1.29, 1.82) is 0 Å². The summed E-state index contributed by atoms with van der Waals surface area (Å²) in [7, 11) is 0. The van der Waals surface area contributed by atoms with Crippen LogP contribution in [-0.2, 0) is 19.0 Å². The zero-order valence-electron chi connectivity index (χ0n) is 66.7. The molecule has 0 aliphatic heterocycles. The number of para-hydroxylation sites is 10. The number of aromatic nitrogens is 3. The Morgan fingerprint density at radius 2 is 0.797 bits per heavy atom. The molecule has 0 unspecified atom stereocenters. The van der Waals surface area contributed by atoms with Crippen LogP contribution in [0.1, 0.15) is 143 Å². The van der Waals surface area contributed by atoms with Crippen molar-refractivity contribution in [3.63, 3.8) is 0 Å². The molecule has 7 aromatic carbocycles. The lowest BCUT2D eigenvalue weighted by Crippen LogP contribution is -2.25. The van der Waals surface area contributed by atoms with Gasteiger partial charge in [-0.2, -0.15) is 13.5 Å². The van der Waals surface area contributed by atoms with Crippen LogP contribution in [0.2, 0.25) is 0 Å². The molecule has 10 heterocycles. The van der Waals surface area contributed by atoms with E-state index in [9.17, 15) is 63.9 Å². The van der Waals surface area contributed by atoms with Crippen molar-refractivity contribution in [2.45, 2.75) is 86.0 Å². The summed E-state index contributed by atoms with van der Waals surface area (Å²) >= 11 is 8.61. The van der Waals surface area contributed by atoms with E-state index in [0.717, 1.165) is 33.4 Å². The van der Waals surface area contributed by atoms with Gasteiger partial charge in [-0.3, -0.25) is 19.2 Å². The number of carboxylic acids is 1. The number of nitrogens with zero attached hydrogens (tertiary/aromatic N) is 4. The van der Waals surface area contributed by atoms with Gasteiger partial charge in [0.25, 0.3) is 17.7 Å². The molecule has 0 spiro atoms. The van der Waals surface area contributed by atoms with Crippen LogP contribution < -0.4 is 16.4 Å². The number of esters is 3. The summed E-state index contributed by atoms with van der Waals surface area (Å²) in [6.07, 6.45) is 0. The number of nitrogens with one attached hydrogen (secondary N) is 2. The molecule has 0 radical (unpaired) electrons. The number of carbonyl (C=O) groups is 8. The molecule has 2 amide bonds. The number of anilines is 3. The number of ketones is 1. The zero-order chi connectivity index (χ0) is 87.8. The predicted molar refractivity (Wildman–Crippen MR) is 469 cm³/mol. The van der Waals surface area contributed by atoms with E-state index < -0.39 is 57.7 Å². The number of oxazole rings is 3. The van der Waals surface area contributed by atoms with E-state index in [2.05, 4.69) is 30.4 Å². The van der Waals surface area contributed by atoms with Gasteiger partial charge in [0.15, 0.2) is 73.6 Å². The molecule has 0 saturated carbocycles. The number of phenols is 4. The normalized spacial score (nSPS) is 11.1. The van der Waals surface area contributed by atoms with E-state index in [4.69, 9.17) is 69.0 Å². The molecule has 10 aromatic heterocycles. The van der Waals surface area contributed by atoms with E-state index in [-0.39, 0.29) is 110 Å². The topological polar surface area (TPSA) is 450 Å². The fourth-order valence-electron chi connectivity index (χ4n) is 11.5.